The molecular weight excluding hydrogens is 368 g/mol. The molecule has 2 fully saturated rings. The zero-order chi connectivity index (χ0) is 19.3. The van der Waals surface area contributed by atoms with Crippen LogP contribution in [0.4, 0.5) is 0 Å². The third-order valence-electron chi connectivity index (χ3n) is 6.50. The average molecular weight is 399 g/mol. The molecule has 0 radical (unpaired) electrons. The lowest BCUT2D eigenvalue weighted by molar-refractivity contribution is 0.0932. The molecule has 3 nitrogen and oxygen atoms in total. The van der Waals surface area contributed by atoms with Crippen LogP contribution in [0.3, 0.4) is 0 Å². The molecule has 0 spiro atoms. The maximum Gasteiger partial charge on any atom is 0.0540 e. The second-order valence-electron chi connectivity index (χ2n) is 8.33. The van der Waals surface area contributed by atoms with E-state index in [9.17, 15) is 5.11 Å². The normalized spacial score (nSPS) is 24.8. The molecule has 1 atom stereocenters. The standard InChI is InChI=1S/C24H31ClN2O/c25-24-4-2-1-3-22(24)18-5-7-19(8-6-18)23(17-27-15-13-26-14-16-27)20-9-11-21(28)12-10-20/h1-8,20-21,23,26,28H,9-17H2. The van der Waals surface area contributed by atoms with E-state index >= 15 is 0 Å². The largest absolute Gasteiger partial charge is 0.393 e. The number of piperazine rings is 1. The van der Waals surface area contributed by atoms with Gasteiger partial charge in [0, 0.05) is 43.3 Å². The van der Waals surface area contributed by atoms with Crippen LogP contribution in [-0.4, -0.2) is 48.8 Å². The molecular formula is C24H31ClN2O. The van der Waals surface area contributed by atoms with Gasteiger partial charge < -0.3 is 15.3 Å². The van der Waals surface area contributed by atoms with Crippen molar-refractivity contribution >= 4 is 11.6 Å². The van der Waals surface area contributed by atoms with Crippen molar-refractivity contribution in [3.05, 3.63) is 59.1 Å². The van der Waals surface area contributed by atoms with Crippen molar-refractivity contribution in [1.82, 2.24) is 10.2 Å². The van der Waals surface area contributed by atoms with Crippen LogP contribution >= 0.6 is 11.6 Å². The summed E-state index contributed by atoms with van der Waals surface area (Å²) in [4.78, 5) is 2.61. The Hall–Kier alpha value is -1.39. The lowest BCUT2D eigenvalue weighted by Gasteiger charge is -2.37. The van der Waals surface area contributed by atoms with Crippen molar-refractivity contribution in [3.8, 4) is 11.1 Å². The van der Waals surface area contributed by atoms with E-state index in [2.05, 4.69) is 40.5 Å². The van der Waals surface area contributed by atoms with Crippen molar-refractivity contribution < 1.29 is 5.11 Å². The van der Waals surface area contributed by atoms with E-state index < -0.39 is 0 Å². The molecule has 0 aromatic heterocycles. The van der Waals surface area contributed by atoms with E-state index in [1.165, 1.54) is 11.1 Å². The highest BCUT2D eigenvalue weighted by Gasteiger charge is 2.29. The summed E-state index contributed by atoms with van der Waals surface area (Å²) in [6.45, 7) is 5.55. The van der Waals surface area contributed by atoms with Crippen LogP contribution in [0.25, 0.3) is 11.1 Å². The van der Waals surface area contributed by atoms with Gasteiger partial charge in [0.1, 0.15) is 0 Å². The summed E-state index contributed by atoms with van der Waals surface area (Å²) >= 11 is 6.39. The fourth-order valence-electron chi connectivity index (χ4n) is 4.81. The molecule has 1 saturated carbocycles. The summed E-state index contributed by atoms with van der Waals surface area (Å²) < 4.78 is 0. The Morgan fingerprint density at radius 2 is 1.64 bits per heavy atom. The molecule has 4 rings (SSSR count). The Bertz CT molecular complexity index is 749. The predicted octanol–water partition coefficient (Wildman–Crippen LogP) is 4.55. The molecule has 1 aliphatic carbocycles. The first-order valence-corrected chi connectivity index (χ1v) is 11.0. The summed E-state index contributed by atoms with van der Waals surface area (Å²) in [7, 11) is 0. The van der Waals surface area contributed by atoms with Crippen LogP contribution in [0, 0.1) is 5.92 Å². The monoisotopic (exact) mass is 398 g/mol. The van der Waals surface area contributed by atoms with E-state index in [1.54, 1.807) is 0 Å². The second-order valence-corrected chi connectivity index (χ2v) is 8.73. The topological polar surface area (TPSA) is 35.5 Å². The van der Waals surface area contributed by atoms with Crippen molar-refractivity contribution in [1.29, 1.82) is 0 Å². The number of halogens is 1. The van der Waals surface area contributed by atoms with E-state index in [1.807, 2.05) is 18.2 Å². The lowest BCUT2D eigenvalue weighted by atomic mass is 9.75. The SMILES string of the molecule is OC1CCC(C(CN2CCNCC2)c2ccc(-c3ccccc3Cl)cc2)CC1. The number of nitrogens with one attached hydrogen (secondary N) is 1. The van der Waals surface area contributed by atoms with Gasteiger partial charge in [0.05, 0.1) is 6.10 Å². The highest BCUT2D eigenvalue weighted by molar-refractivity contribution is 6.33. The molecule has 0 bridgehead atoms. The van der Waals surface area contributed by atoms with Crippen LogP contribution in [0.15, 0.2) is 48.5 Å². The number of nitrogens with zero attached hydrogens (tertiary/aromatic N) is 1. The molecule has 150 valence electrons. The molecule has 1 heterocycles. The molecule has 2 N–H and O–H groups in total. The molecule has 0 amide bonds. The van der Waals surface area contributed by atoms with Crippen molar-refractivity contribution in [3.63, 3.8) is 0 Å². The lowest BCUT2D eigenvalue weighted by Crippen LogP contribution is -2.46. The zero-order valence-electron chi connectivity index (χ0n) is 16.5. The molecule has 2 aliphatic rings. The summed E-state index contributed by atoms with van der Waals surface area (Å²) in [5, 5.41) is 14.2. The van der Waals surface area contributed by atoms with Crippen LogP contribution in [0.1, 0.15) is 37.2 Å². The average Bonchev–Trinajstić information content (AvgIpc) is 2.74. The maximum atomic E-state index is 9.96. The molecule has 28 heavy (non-hydrogen) atoms. The van der Waals surface area contributed by atoms with Gasteiger partial charge >= 0.3 is 0 Å². The zero-order valence-corrected chi connectivity index (χ0v) is 17.2. The van der Waals surface area contributed by atoms with Gasteiger partial charge in [-0.25, -0.2) is 0 Å². The van der Waals surface area contributed by atoms with E-state index in [-0.39, 0.29) is 6.10 Å². The Morgan fingerprint density at radius 3 is 2.32 bits per heavy atom. The third kappa shape index (κ3) is 4.77. The van der Waals surface area contributed by atoms with Gasteiger partial charge in [-0.3, -0.25) is 0 Å². The minimum atomic E-state index is -0.0984. The number of hydrogen-bond acceptors (Lipinski definition) is 3. The molecule has 1 aliphatic heterocycles. The number of aliphatic hydroxyl groups is 1. The van der Waals surface area contributed by atoms with Crippen LogP contribution < -0.4 is 5.32 Å². The molecule has 2 aromatic carbocycles. The van der Waals surface area contributed by atoms with E-state index in [0.717, 1.165) is 69.0 Å². The van der Waals surface area contributed by atoms with Gasteiger partial charge in [0.15, 0.2) is 0 Å². The van der Waals surface area contributed by atoms with Gasteiger partial charge in [-0.05, 0) is 54.7 Å². The fraction of sp³-hybridized carbons (Fsp3) is 0.500. The summed E-state index contributed by atoms with van der Waals surface area (Å²) in [5.74, 6) is 1.19. The van der Waals surface area contributed by atoms with Gasteiger partial charge in [0.25, 0.3) is 0 Å². The first-order valence-electron chi connectivity index (χ1n) is 10.7. The number of hydrogen-bond donors (Lipinski definition) is 2. The smallest absolute Gasteiger partial charge is 0.0540 e. The Labute approximate surface area is 173 Å². The number of benzene rings is 2. The minimum Gasteiger partial charge on any atom is -0.393 e. The van der Waals surface area contributed by atoms with Gasteiger partial charge in [0.2, 0.25) is 0 Å². The predicted molar refractivity (Wildman–Crippen MR) is 117 cm³/mol. The molecule has 4 heteroatoms. The maximum absolute atomic E-state index is 9.96. The highest BCUT2D eigenvalue weighted by Crippen LogP contribution is 2.38. The Morgan fingerprint density at radius 1 is 0.964 bits per heavy atom. The molecule has 2 aromatic rings. The summed E-state index contributed by atoms with van der Waals surface area (Å²) in [6.07, 6.45) is 4.05. The Balaban J connectivity index is 1.55. The van der Waals surface area contributed by atoms with Crippen LogP contribution in [-0.2, 0) is 0 Å². The molecule has 1 saturated heterocycles. The second kappa shape index (κ2) is 9.41. The fourth-order valence-corrected chi connectivity index (χ4v) is 5.05. The summed E-state index contributed by atoms with van der Waals surface area (Å²) in [5.41, 5.74) is 3.69. The van der Waals surface area contributed by atoms with Crippen LogP contribution in [0.2, 0.25) is 5.02 Å². The van der Waals surface area contributed by atoms with Gasteiger partial charge in [-0.1, -0.05) is 54.1 Å². The first-order chi connectivity index (χ1) is 13.7. The van der Waals surface area contributed by atoms with Gasteiger partial charge in [-0.2, -0.15) is 0 Å². The number of aliphatic hydroxyl groups excluding tert-OH is 1. The quantitative estimate of drug-likeness (QED) is 0.775. The molecule has 1 unspecified atom stereocenters. The highest BCUT2D eigenvalue weighted by atomic mass is 35.5. The van der Waals surface area contributed by atoms with Gasteiger partial charge in [-0.15, -0.1) is 0 Å². The van der Waals surface area contributed by atoms with Crippen LogP contribution in [0.5, 0.6) is 0 Å². The first kappa shape index (κ1) is 19.9. The Kier molecular flexibility index (Phi) is 6.69. The van der Waals surface area contributed by atoms with E-state index in [4.69, 9.17) is 11.6 Å². The number of rotatable bonds is 5. The third-order valence-corrected chi connectivity index (χ3v) is 6.83. The minimum absolute atomic E-state index is 0.0984. The van der Waals surface area contributed by atoms with Crippen molar-refractivity contribution in [2.24, 2.45) is 5.92 Å². The summed E-state index contributed by atoms with van der Waals surface area (Å²) in [6, 6.07) is 17.1. The van der Waals surface area contributed by atoms with Crippen molar-refractivity contribution in [2.45, 2.75) is 37.7 Å². The van der Waals surface area contributed by atoms with Crippen molar-refractivity contribution in [2.75, 3.05) is 32.7 Å². The van der Waals surface area contributed by atoms with E-state index in [0.29, 0.717) is 11.8 Å².